The third-order valence-corrected chi connectivity index (χ3v) is 2.17. The van der Waals surface area contributed by atoms with E-state index in [-0.39, 0.29) is 11.2 Å². The molecular formula is C13H18O. The van der Waals surface area contributed by atoms with Gasteiger partial charge in [-0.2, -0.15) is 0 Å². The molecule has 1 aromatic rings. The van der Waals surface area contributed by atoms with E-state index in [9.17, 15) is 4.79 Å². The molecule has 1 nitrogen and oxygen atoms in total. The molecule has 0 radical (unpaired) electrons. The average Bonchev–Trinajstić information content (AvgIpc) is 1.99. The van der Waals surface area contributed by atoms with Gasteiger partial charge in [0.1, 0.15) is 0 Å². The molecule has 0 fully saturated rings. The van der Waals surface area contributed by atoms with Crippen LogP contribution in [0.4, 0.5) is 0 Å². The number of aryl methyl sites for hydroxylation is 2. The SMILES string of the molecule is Cc1cc(C)cc(C(=O)C(C)(C)C)c1. The summed E-state index contributed by atoms with van der Waals surface area (Å²) in [6, 6.07) is 6.00. The molecular weight excluding hydrogens is 172 g/mol. The minimum Gasteiger partial charge on any atom is -0.294 e. The molecule has 0 heterocycles. The van der Waals surface area contributed by atoms with E-state index in [1.807, 2.05) is 46.8 Å². The fourth-order valence-corrected chi connectivity index (χ4v) is 1.54. The summed E-state index contributed by atoms with van der Waals surface area (Å²) in [6.07, 6.45) is 0. The van der Waals surface area contributed by atoms with E-state index < -0.39 is 0 Å². The van der Waals surface area contributed by atoms with Crippen molar-refractivity contribution in [3.05, 3.63) is 34.9 Å². The molecule has 0 spiro atoms. The molecule has 0 amide bonds. The summed E-state index contributed by atoms with van der Waals surface area (Å²) < 4.78 is 0. The fraction of sp³-hybridized carbons (Fsp3) is 0.462. The van der Waals surface area contributed by atoms with Crippen LogP contribution < -0.4 is 0 Å². The third kappa shape index (κ3) is 2.44. The number of rotatable bonds is 1. The zero-order valence-corrected chi connectivity index (χ0v) is 9.64. The van der Waals surface area contributed by atoms with Crippen molar-refractivity contribution in [1.82, 2.24) is 0 Å². The molecule has 0 bridgehead atoms. The summed E-state index contributed by atoms with van der Waals surface area (Å²) in [5, 5.41) is 0. The maximum atomic E-state index is 12.0. The van der Waals surface area contributed by atoms with Crippen LogP contribution in [-0.4, -0.2) is 5.78 Å². The number of hydrogen-bond acceptors (Lipinski definition) is 1. The standard InChI is InChI=1S/C13H18O/c1-9-6-10(2)8-11(7-9)12(14)13(3,4)5/h6-8H,1-5H3. The van der Waals surface area contributed by atoms with Crippen LogP contribution in [0.25, 0.3) is 0 Å². The molecule has 0 aromatic heterocycles. The number of carbonyl (C=O) groups excluding carboxylic acids is 1. The van der Waals surface area contributed by atoms with E-state index in [0.29, 0.717) is 0 Å². The predicted octanol–water partition coefficient (Wildman–Crippen LogP) is 3.53. The van der Waals surface area contributed by atoms with Gasteiger partial charge in [-0.1, -0.05) is 38.0 Å². The molecule has 0 aliphatic rings. The summed E-state index contributed by atoms with van der Waals surface area (Å²) >= 11 is 0. The van der Waals surface area contributed by atoms with E-state index in [2.05, 4.69) is 6.07 Å². The molecule has 14 heavy (non-hydrogen) atoms. The highest BCUT2D eigenvalue weighted by atomic mass is 16.1. The monoisotopic (exact) mass is 190 g/mol. The van der Waals surface area contributed by atoms with Crippen molar-refractivity contribution in [1.29, 1.82) is 0 Å². The molecule has 1 rings (SSSR count). The number of benzene rings is 1. The maximum absolute atomic E-state index is 12.0. The zero-order chi connectivity index (χ0) is 10.9. The Morgan fingerprint density at radius 3 is 1.79 bits per heavy atom. The lowest BCUT2D eigenvalue weighted by atomic mass is 9.85. The number of Topliss-reactive ketones (excluding diaryl/α,β-unsaturated/α-hetero) is 1. The van der Waals surface area contributed by atoms with Crippen LogP contribution in [0.5, 0.6) is 0 Å². The first-order valence-corrected chi connectivity index (χ1v) is 4.94. The van der Waals surface area contributed by atoms with Gasteiger partial charge in [-0.3, -0.25) is 4.79 Å². The third-order valence-electron chi connectivity index (χ3n) is 2.17. The van der Waals surface area contributed by atoms with Crippen molar-refractivity contribution in [3.63, 3.8) is 0 Å². The van der Waals surface area contributed by atoms with Gasteiger partial charge in [0.15, 0.2) is 5.78 Å². The number of hydrogen-bond donors (Lipinski definition) is 0. The molecule has 0 saturated carbocycles. The Morgan fingerprint density at radius 1 is 1.00 bits per heavy atom. The average molecular weight is 190 g/mol. The zero-order valence-electron chi connectivity index (χ0n) is 9.64. The van der Waals surface area contributed by atoms with Crippen molar-refractivity contribution in [2.45, 2.75) is 34.6 Å². The van der Waals surface area contributed by atoms with Gasteiger partial charge in [0, 0.05) is 11.0 Å². The topological polar surface area (TPSA) is 17.1 Å². The Hall–Kier alpha value is -1.11. The van der Waals surface area contributed by atoms with Crippen LogP contribution in [0, 0.1) is 19.3 Å². The van der Waals surface area contributed by atoms with Crippen molar-refractivity contribution < 1.29 is 4.79 Å². The quantitative estimate of drug-likeness (QED) is 0.619. The number of carbonyl (C=O) groups is 1. The van der Waals surface area contributed by atoms with Gasteiger partial charge in [0.05, 0.1) is 0 Å². The lowest BCUT2D eigenvalue weighted by molar-refractivity contribution is 0.0858. The summed E-state index contributed by atoms with van der Waals surface area (Å²) in [4.78, 5) is 12.0. The highest BCUT2D eigenvalue weighted by Gasteiger charge is 2.22. The van der Waals surface area contributed by atoms with Gasteiger partial charge in [-0.05, 0) is 26.0 Å². The lowest BCUT2D eigenvalue weighted by Crippen LogP contribution is -2.20. The van der Waals surface area contributed by atoms with Gasteiger partial charge in [0.2, 0.25) is 0 Å². The van der Waals surface area contributed by atoms with Gasteiger partial charge in [-0.15, -0.1) is 0 Å². The first kappa shape index (κ1) is 11.0. The highest BCUT2D eigenvalue weighted by Crippen LogP contribution is 2.22. The highest BCUT2D eigenvalue weighted by molar-refractivity contribution is 6.00. The normalized spacial score (nSPS) is 11.5. The van der Waals surface area contributed by atoms with Crippen LogP contribution in [0.2, 0.25) is 0 Å². The maximum Gasteiger partial charge on any atom is 0.168 e. The van der Waals surface area contributed by atoms with Gasteiger partial charge < -0.3 is 0 Å². The van der Waals surface area contributed by atoms with Crippen molar-refractivity contribution >= 4 is 5.78 Å². The molecule has 1 aromatic carbocycles. The van der Waals surface area contributed by atoms with Crippen LogP contribution in [0.15, 0.2) is 18.2 Å². The number of ketones is 1. The molecule has 0 aliphatic heterocycles. The van der Waals surface area contributed by atoms with Crippen LogP contribution in [0.1, 0.15) is 42.3 Å². The van der Waals surface area contributed by atoms with Crippen LogP contribution in [0.3, 0.4) is 0 Å². The van der Waals surface area contributed by atoms with E-state index in [1.54, 1.807) is 0 Å². The molecule has 76 valence electrons. The Balaban J connectivity index is 3.14. The van der Waals surface area contributed by atoms with Gasteiger partial charge in [0.25, 0.3) is 0 Å². The molecule has 0 atom stereocenters. The van der Waals surface area contributed by atoms with E-state index in [4.69, 9.17) is 0 Å². The second-order valence-corrected chi connectivity index (χ2v) is 4.96. The molecule has 0 aliphatic carbocycles. The Morgan fingerprint density at radius 2 is 1.43 bits per heavy atom. The van der Waals surface area contributed by atoms with Crippen molar-refractivity contribution in [3.8, 4) is 0 Å². The largest absolute Gasteiger partial charge is 0.294 e. The first-order valence-electron chi connectivity index (χ1n) is 4.94. The molecule has 1 heteroatoms. The van der Waals surface area contributed by atoms with E-state index >= 15 is 0 Å². The Labute approximate surface area is 86.1 Å². The van der Waals surface area contributed by atoms with Crippen molar-refractivity contribution in [2.75, 3.05) is 0 Å². The Bertz CT molecular complexity index is 336. The minimum absolute atomic E-state index is 0.212. The van der Waals surface area contributed by atoms with E-state index in [1.165, 1.54) is 0 Å². The summed E-state index contributed by atoms with van der Waals surface area (Å²) in [5.74, 6) is 0.212. The van der Waals surface area contributed by atoms with Crippen LogP contribution in [-0.2, 0) is 0 Å². The molecule has 0 N–H and O–H groups in total. The summed E-state index contributed by atoms with van der Waals surface area (Å²) in [7, 11) is 0. The summed E-state index contributed by atoms with van der Waals surface area (Å²) in [6.45, 7) is 9.89. The second-order valence-electron chi connectivity index (χ2n) is 4.96. The van der Waals surface area contributed by atoms with E-state index in [0.717, 1.165) is 16.7 Å². The second kappa shape index (κ2) is 3.56. The first-order chi connectivity index (χ1) is 6.30. The smallest absolute Gasteiger partial charge is 0.168 e. The predicted molar refractivity (Wildman–Crippen MR) is 59.7 cm³/mol. The lowest BCUT2D eigenvalue weighted by Gasteiger charge is -2.17. The minimum atomic E-state index is -0.291. The Kier molecular flexibility index (Phi) is 2.79. The van der Waals surface area contributed by atoms with Crippen LogP contribution >= 0.6 is 0 Å². The molecule has 0 saturated heterocycles. The van der Waals surface area contributed by atoms with Crippen molar-refractivity contribution in [2.24, 2.45) is 5.41 Å². The molecule has 0 unspecified atom stereocenters. The summed E-state index contributed by atoms with van der Waals surface area (Å²) in [5.41, 5.74) is 2.84. The van der Waals surface area contributed by atoms with Gasteiger partial charge >= 0.3 is 0 Å². The van der Waals surface area contributed by atoms with Gasteiger partial charge in [-0.25, -0.2) is 0 Å². The fourth-order valence-electron chi connectivity index (χ4n) is 1.54.